The number of pyridine rings is 2. The molecule has 0 saturated carbocycles. The Labute approximate surface area is 339 Å². The summed E-state index contributed by atoms with van der Waals surface area (Å²) in [4.78, 5) is 48.6. The highest BCUT2D eigenvalue weighted by molar-refractivity contribution is 5.92. The van der Waals surface area contributed by atoms with Crippen LogP contribution in [0.2, 0.25) is 0 Å². The summed E-state index contributed by atoms with van der Waals surface area (Å²) >= 11 is 0. The highest BCUT2D eigenvalue weighted by atomic mass is 19.4. The molecule has 2 aromatic heterocycles. The van der Waals surface area contributed by atoms with Crippen LogP contribution in [0.5, 0.6) is 0 Å². The van der Waals surface area contributed by atoms with Gasteiger partial charge in [-0.3, -0.25) is 9.69 Å². The van der Waals surface area contributed by atoms with Crippen LogP contribution in [0.25, 0.3) is 4.85 Å². The summed E-state index contributed by atoms with van der Waals surface area (Å²) in [6.07, 6.45) is 4.60. The van der Waals surface area contributed by atoms with Gasteiger partial charge in [0.1, 0.15) is 11.5 Å². The van der Waals surface area contributed by atoms with Crippen molar-refractivity contribution >= 4 is 40.4 Å². The Hall–Kier alpha value is -4.94. The van der Waals surface area contributed by atoms with Crippen LogP contribution >= 0.6 is 0 Å². The first-order chi connectivity index (χ1) is 28.0. The quantitative estimate of drug-likeness (QED) is 0.174. The molecule has 310 valence electrons. The van der Waals surface area contributed by atoms with E-state index >= 15 is 0 Å². The molecule has 0 spiro atoms. The molecular weight excluding hydrogens is 748 g/mol. The molecule has 1 amide bonds. The SMILES string of the molecule is [C-]#[N+]c1ccc(N2CCC(C(=O)Nc3ccc(N4CCC(CN5CCN(CC6CCN(c7ccc(C(=O)OC)nc7)CC6)C[C@H]5C)CC4)cn3)CC2)cc1C(F)(F)F. The maximum Gasteiger partial charge on any atom is 0.407 e. The Bertz CT molecular complexity index is 1900. The van der Waals surface area contributed by atoms with Crippen LogP contribution in [0.15, 0.2) is 54.9 Å². The number of esters is 1. The Morgan fingerprint density at radius 1 is 0.793 bits per heavy atom. The normalized spacial score (nSPS) is 20.8. The van der Waals surface area contributed by atoms with E-state index in [1.807, 2.05) is 29.3 Å². The van der Waals surface area contributed by atoms with Gasteiger partial charge in [-0.05, 0) is 93.7 Å². The van der Waals surface area contributed by atoms with Crippen molar-refractivity contribution in [3.63, 3.8) is 0 Å². The molecule has 15 heteroatoms. The van der Waals surface area contributed by atoms with Gasteiger partial charge in [0, 0.05) is 89.6 Å². The number of nitrogens with one attached hydrogen (secondary N) is 1. The molecule has 3 aromatic rings. The van der Waals surface area contributed by atoms with Gasteiger partial charge < -0.3 is 29.7 Å². The number of carbonyl (C=O) groups is 2. The minimum absolute atomic E-state index is 0.129. The van der Waals surface area contributed by atoms with E-state index in [1.54, 1.807) is 18.3 Å². The van der Waals surface area contributed by atoms with Crippen molar-refractivity contribution in [1.29, 1.82) is 0 Å². The zero-order valence-electron chi connectivity index (χ0n) is 33.5. The molecule has 0 unspecified atom stereocenters. The molecule has 0 bridgehead atoms. The number of anilines is 4. The van der Waals surface area contributed by atoms with Gasteiger partial charge in [0.25, 0.3) is 0 Å². The summed E-state index contributed by atoms with van der Waals surface area (Å²) in [6, 6.07) is 11.9. The second-order valence-corrected chi connectivity index (χ2v) is 16.3. The van der Waals surface area contributed by atoms with Gasteiger partial charge in [-0.2, -0.15) is 13.2 Å². The van der Waals surface area contributed by atoms with Gasteiger partial charge in [0.05, 0.1) is 43.0 Å². The van der Waals surface area contributed by atoms with Crippen LogP contribution in [0.1, 0.15) is 61.5 Å². The molecule has 1 N–H and O–H groups in total. The van der Waals surface area contributed by atoms with E-state index in [-0.39, 0.29) is 11.8 Å². The number of amides is 1. The van der Waals surface area contributed by atoms with Gasteiger partial charge in [-0.15, -0.1) is 0 Å². The number of aromatic nitrogens is 2. The first-order valence-corrected chi connectivity index (χ1v) is 20.6. The number of halogens is 3. The predicted molar refractivity (Wildman–Crippen MR) is 218 cm³/mol. The van der Waals surface area contributed by atoms with Crippen LogP contribution in [-0.4, -0.2) is 117 Å². The first kappa shape index (κ1) is 41.2. The minimum Gasteiger partial charge on any atom is -0.464 e. The van der Waals surface area contributed by atoms with Crippen molar-refractivity contribution in [3.8, 4) is 0 Å². The molecule has 4 aliphatic rings. The number of nitrogens with zero attached hydrogens (tertiary/aromatic N) is 8. The van der Waals surface area contributed by atoms with Gasteiger partial charge in [-0.1, -0.05) is 6.07 Å². The average molecular weight is 802 g/mol. The van der Waals surface area contributed by atoms with Crippen LogP contribution in [0.4, 0.5) is 41.7 Å². The molecule has 4 aliphatic heterocycles. The van der Waals surface area contributed by atoms with Crippen molar-refractivity contribution in [3.05, 3.63) is 77.5 Å². The van der Waals surface area contributed by atoms with Crippen LogP contribution in [0, 0.1) is 24.3 Å². The lowest BCUT2D eigenvalue weighted by Gasteiger charge is -2.44. The topological polar surface area (TPSA) is 102 Å². The van der Waals surface area contributed by atoms with E-state index in [0.717, 1.165) is 102 Å². The summed E-state index contributed by atoms with van der Waals surface area (Å²) in [6.45, 7) is 19.9. The molecule has 4 saturated heterocycles. The third-order valence-corrected chi connectivity index (χ3v) is 12.6. The fourth-order valence-corrected chi connectivity index (χ4v) is 9.07. The second-order valence-electron chi connectivity index (χ2n) is 16.3. The number of carbonyl (C=O) groups excluding carboxylic acids is 2. The molecule has 58 heavy (non-hydrogen) atoms. The van der Waals surface area contributed by atoms with Gasteiger partial charge >= 0.3 is 12.1 Å². The van der Waals surface area contributed by atoms with E-state index in [2.05, 4.69) is 46.7 Å². The first-order valence-electron chi connectivity index (χ1n) is 20.6. The fraction of sp³-hybridized carbons (Fsp3) is 0.558. The monoisotopic (exact) mass is 801 g/mol. The zero-order chi connectivity index (χ0) is 40.8. The Kier molecular flexibility index (Phi) is 13.0. The molecular formula is C43H54F3N9O3. The highest BCUT2D eigenvalue weighted by Gasteiger charge is 2.35. The second kappa shape index (κ2) is 18.3. The van der Waals surface area contributed by atoms with Crippen LogP contribution in [-0.2, 0) is 15.7 Å². The van der Waals surface area contributed by atoms with Crippen molar-refractivity contribution < 1.29 is 27.5 Å². The van der Waals surface area contributed by atoms with E-state index in [0.29, 0.717) is 61.0 Å². The summed E-state index contributed by atoms with van der Waals surface area (Å²) in [5.74, 6) is 1.04. The maximum absolute atomic E-state index is 13.5. The Balaban J connectivity index is 0.792. The fourth-order valence-electron chi connectivity index (χ4n) is 9.07. The summed E-state index contributed by atoms with van der Waals surface area (Å²) in [5, 5.41) is 2.94. The molecule has 1 aromatic carbocycles. The molecule has 12 nitrogen and oxygen atoms in total. The lowest BCUT2D eigenvalue weighted by atomic mass is 9.94. The van der Waals surface area contributed by atoms with E-state index in [1.165, 1.54) is 13.2 Å². The van der Waals surface area contributed by atoms with Crippen molar-refractivity contribution in [1.82, 2.24) is 19.8 Å². The summed E-state index contributed by atoms with van der Waals surface area (Å²) < 4.78 is 45.2. The number of methoxy groups -OCH3 is 1. The molecule has 0 aliphatic carbocycles. The number of alkyl halides is 3. The van der Waals surface area contributed by atoms with Crippen molar-refractivity contribution in [2.75, 3.05) is 99.1 Å². The maximum atomic E-state index is 13.5. The van der Waals surface area contributed by atoms with Crippen molar-refractivity contribution in [2.45, 2.75) is 57.7 Å². The number of hydrogen-bond donors (Lipinski definition) is 1. The highest BCUT2D eigenvalue weighted by Crippen LogP contribution is 2.39. The summed E-state index contributed by atoms with van der Waals surface area (Å²) in [5.41, 5.74) is 1.52. The number of piperidine rings is 3. The number of ether oxygens (including phenoxy) is 1. The third kappa shape index (κ3) is 10.0. The molecule has 0 radical (unpaired) electrons. The van der Waals surface area contributed by atoms with E-state index < -0.39 is 23.4 Å². The van der Waals surface area contributed by atoms with Gasteiger partial charge in [-0.25, -0.2) is 19.6 Å². The molecule has 7 rings (SSSR count). The molecule has 6 heterocycles. The van der Waals surface area contributed by atoms with Gasteiger partial charge in [0.2, 0.25) is 5.91 Å². The largest absolute Gasteiger partial charge is 0.464 e. The van der Waals surface area contributed by atoms with Crippen LogP contribution < -0.4 is 20.0 Å². The number of rotatable bonds is 10. The lowest BCUT2D eigenvalue weighted by molar-refractivity contribution is -0.136. The Morgan fingerprint density at radius 3 is 1.93 bits per heavy atom. The van der Waals surface area contributed by atoms with E-state index in [4.69, 9.17) is 11.3 Å². The third-order valence-electron chi connectivity index (χ3n) is 12.6. The standard InChI is InChI=1S/C43H54F3N9O3/c1-30-27-51(28-31-10-16-53(17-11-31)35-5-8-39(48-25-35)42(57)58-3)22-23-55(30)29-32-12-18-54(19-13-32)36-6-9-40(49-26-36)50-41(56)33-14-20-52(21-15-33)34-4-7-38(47-2)37(24-34)43(44,45)46/h4-9,24-26,30-33H,10-23,27-29H2,1,3H3,(H,49,50,56)/t30-/m1/s1. The summed E-state index contributed by atoms with van der Waals surface area (Å²) in [7, 11) is 1.37. The van der Waals surface area contributed by atoms with Gasteiger partial charge in [0.15, 0.2) is 5.69 Å². The van der Waals surface area contributed by atoms with Crippen molar-refractivity contribution in [2.24, 2.45) is 17.8 Å². The van der Waals surface area contributed by atoms with Crippen LogP contribution in [0.3, 0.4) is 0 Å². The number of benzene rings is 1. The average Bonchev–Trinajstić information content (AvgIpc) is 3.25. The lowest BCUT2D eigenvalue weighted by Crippen LogP contribution is -2.54. The zero-order valence-corrected chi connectivity index (χ0v) is 33.5. The molecule has 1 atom stereocenters. The number of hydrogen-bond acceptors (Lipinski definition) is 10. The smallest absolute Gasteiger partial charge is 0.407 e. The molecule has 4 fully saturated rings. The Morgan fingerprint density at radius 2 is 1.38 bits per heavy atom. The van der Waals surface area contributed by atoms with E-state index in [9.17, 15) is 22.8 Å². The number of piperazine rings is 1. The minimum atomic E-state index is -4.60. The predicted octanol–water partition coefficient (Wildman–Crippen LogP) is 6.83.